The third-order valence-corrected chi connectivity index (χ3v) is 6.42. The molecule has 1 aromatic carbocycles. The van der Waals surface area contributed by atoms with Crippen LogP contribution in [0.5, 0.6) is 0 Å². The number of nitrogens with zero attached hydrogens (tertiary/aromatic N) is 3. The number of fused-ring (bicyclic) bond motifs is 1. The molecule has 1 saturated carbocycles. The van der Waals surface area contributed by atoms with E-state index in [0.29, 0.717) is 11.2 Å². The van der Waals surface area contributed by atoms with E-state index < -0.39 is 60.5 Å². The number of carbonyl (C=O) groups excluding carboxylic acids is 1. The topological polar surface area (TPSA) is 106 Å². The summed E-state index contributed by atoms with van der Waals surface area (Å²) in [7, 11) is 0. The molecule has 1 unspecified atom stereocenters. The van der Waals surface area contributed by atoms with Gasteiger partial charge in [-0.05, 0) is 48.6 Å². The minimum Gasteiger partial charge on any atom is -0.386 e. The van der Waals surface area contributed by atoms with Crippen molar-refractivity contribution in [3.63, 3.8) is 0 Å². The molecular formula is C22H21ClF5N5O2. The summed E-state index contributed by atoms with van der Waals surface area (Å²) in [5.74, 6) is -10.1. The minimum atomic E-state index is -3.83. The van der Waals surface area contributed by atoms with Gasteiger partial charge in [0.05, 0.1) is 17.1 Å². The summed E-state index contributed by atoms with van der Waals surface area (Å²) in [5, 5.41) is 15.6. The Kier molecular flexibility index (Phi) is 6.62. The van der Waals surface area contributed by atoms with Crippen LogP contribution < -0.4 is 11.1 Å². The van der Waals surface area contributed by atoms with Crippen LogP contribution in [0.3, 0.4) is 0 Å². The Bertz CT molecular complexity index is 1260. The van der Waals surface area contributed by atoms with Crippen LogP contribution in [0.1, 0.15) is 36.0 Å². The lowest BCUT2D eigenvalue weighted by molar-refractivity contribution is -0.146. The van der Waals surface area contributed by atoms with Crippen molar-refractivity contribution in [3.05, 3.63) is 46.9 Å². The molecule has 1 fully saturated rings. The minimum absolute atomic E-state index is 0.00356. The van der Waals surface area contributed by atoms with Gasteiger partial charge in [-0.2, -0.15) is 4.98 Å². The van der Waals surface area contributed by atoms with E-state index in [-0.39, 0.29) is 29.4 Å². The number of benzene rings is 1. The van der Waals surface area contributed by atoms with Crippen LogP contribution in [0.2, 0.25) is 5.02 Å². The van der Waals surface area contributed by atoms with E-state index in [2.05, 4.69) is 10.1 Å². The first kappa shape index (κ1) is 25.1. The van der Waals surface area contributed by atoms with Gasteiger partial charge in [-0.1, -0.05) is 11.6 Å². The van der Waals surface area contributed by atoms with Crippen molar-refractivity contribution < 1.29 is 31.9 Å². The lowest BCUT2D eigenvalue weighted by atomic mass is 9.81. The maximum atomic E-state index is 15.3. The molecule has 1 atom stereocenters. The number of rotatable bonds is 6. The normalized spacial score (nSPS) is 17.5. The Morgan fingerprint density at radius 2 is 2.00 bits per heavy atom. The molecule has 4 N–H and O–H groups in total. The lowest BCUT2D eigenvalue weighted by Crippen LogP contribution is -2.49. The third kappa shape index (κ3) is 5.18. The predicted octanol–water partition coefficient (Wildman–Crippen LogP) is 4.32. The van der Waals surface area contributed by atoms with E-state index in [4.69, 9.17) is 17.3 Å². The molecular weight excluding hydrogens is 497 g/mol. The highest BCUT2D eigenvalue weighted by Gasteiger charge is 2.47. The molecule has 3 aromatic rings. The molecule has 2 aromatic heterocycles. The zero-order valence-electron chi connectivity index (χ0n) is 18.1. The number of hydrogen-bond acceptors (Lipinski definition) is 5. The van der Waals surface area contributed by atoms with E-state index >= 15 is 4.39 Å². The van der Waals surface area contributed by atoms with Crippen molar-refractivity contribution >= 4 is 29.1 Å². The molecule has 0 bridgehead atoms. The van der Waals surface area contributed by atoms with Crippen molar-refractivity contribution in [2.24, 2.45) is 5.92 Å². The summed E-state index contributed by atoms with van der Waals surface area (Å²) in [6.07, 6.45) is -2.52. The molecule has 0 saturated heterocycles. The largest absolute Gasteiger partial charge is 0.386 e. The number of carbonyl (C=O) groups is 1. The maximum absolute atomic E-state index is 15.3. The zero-order chi connectivity index (χ0) is 25.5. The Hall–Kier alpha value is -2.99. The van der Waals surface area contributed by atoms with Gasteiger partial charge in [0.25, 0.3) is 11.8 Å². The highest BCUT2D eigenvalue weighted by molar-refractivity contribution is 6.34. The van der Waals surface area contributed by atoms with Crippen molar-refractivity contribution in [1.29, 1.82) is 0 Å². The van der Waals surface area contributed by atoms with Gasteiger partial charge in [0.1, 0.15) is 11.9 Å². The van der Waals surface area contributed by atoms with Crippen LogP contribution in [0.25, 0.3) is 16.8 Å². The van der Waals surface area contributed by atoms with Crippen LogP contribution in [-0.2, 0) is 0 Å². The van der Waals surface area contributed by atoms with Gasteiger partial charge in [-0.15, -0.1) is 5.10 Å². The summed E-state index contributed by atoms with van der Waals surface area (Å²) < 4.78 is 72.4. The Labute approximate surface area is 201 Å². The number of halogens is 6. The number of hydrogen-bond donors (Lipinski definition) is 3. The standard InChI is InChI=1S/C22H21ClF5N5O2/c23-14-2-1-13(12-5-8-33-15(9-12)31-20(29)32-33)17(24)16(14)19(35)30-10-22(27,28)18(34)11-3-6-21(25,26)7-4-11/h1-2,5,8-9,11,18,34H,3-4,6-7,10H2,(H2,29,32)(H,30,35). The number of nitrogens with one attached hydrogen (secondary N) is 1. The van der Waals surface area contributed by atoms with Crippen molar-refractivity contribution in [2.45, 2.75) is 43.6 Å². The SMILES string of the molecule is Nc1nc2cc(-c3ccc(Cl)c(C(=O)NCC(F)(F)C(O)C4CCC(F)(F)CC4)c3F)ccn2n1. The van der Waals surface area contributed by atoms with Crippen LogP contribution >= 0.6 is 11.6 Å². The number of aliphatic hydroxyl groups excluding tert-OH is 1. The fraction of sp³-hybridized carbons (Fsp3) is 0.409. The summed E-state index contributed by atoms with van der Waals surface area (Å²) in [6, 6.07) is 5.52. The molecule has 0 radical (unpaired) electrons. The molecule has 188 valence electrons. The average molecular weight is 518 g/mol. The smallest absolute Gasteiger partial charge is 0.290 e. The average Bonchev–Trinajstić information content (AvgIpc) is 3.16. The lowest BCUT2D eigenvalue weighted by Gasteiger charge is -2.34. The quantitative estimate of drug-likeness (QED) is 0.422. The van der Waals surface area contributed by atoms with E-state index in [1.165, 1.54) is 35.0 Å². The molecule has 0 spiro atoms. The number of amides is 1. The van der Waals surface area contributed by atoms with Gasteiger partial charge in [0.2, 0.25) is 11.9 Å². The summed E-state index contributed by atoms with van der Waals surface area (Å²) >= 11 is 5.99. The first-order valence-corrected chi connectivity index (χ1v) is 11.1. The maximum Gasteiger partial charge on any atom is 0.290 e. The summed E-state index contributed by atoms with van der Waals surface area (Å²) in [6.45, 7) is -1.33. The number of nitrogens with two attached hydrogens (primary N) is 1. The fourth-order valence-electron chi connectivity index (χ4n) is 4.16. The van der Waals surface area contributed by atoms with Gasteiger partial charge in [0.15, 0.2) is 5.65 Å². The van der Waals surface area contributed by atoms with Crippen LogP contribution in [0.4, 0.5) is 27.9 Å². The van der Waals surface area contributed by atoms with Crippen LogP contribution in [0.15, 0.2) is 30.5 Å². The van der Waals surface area contributed by atoms with E-state index in [1.807, 2.05) is 5.32 Å². The summed E-state index contributed by atoms with van der Waals surface area (Å²) in [4.78, 5) is 16.6. The van der Waals surface area contributed by atoms with Gasteiger partial charge in [0, 0.05) is 24.6 Å². The second-order valence-electron chi connectivity index (χ2n) is 8.55. The third-order valence-electron chi connectivity index (χ3n) is 6.11. The predicted molar refractivity (Wildman–Crippen MR) is 118 cm³/mol. The Morgan fingerprint density at radius 1 is 1.31 bits per heavy atom. The number of pyridine rings is 1. The molecule has 0 aliphatic heterocycles. The van der Waals surface area contributed by atoms with Gasteiger partial charge >= 0.3 is 0 Å². The molecule has 35 heavy (non-hydrogen) atoms. The molecule has 1 aliphatic rings. The van der Waals surface area contributed by atoms with Crippen molar-refractivity contribution in [2.75, 3.05) is 12.3 Å². The van der Waals surface area contributed by atoms with Gasteiger partial charge in [-0.25, -0.2) is 26.5 Å². The first-order valence-electron chi connectivity index (χ1n) is 10.7. The van der Waals surface area contributed by atoms with Crippen LogP contribution in [-0.4, -0.2) is 50.1 Å². The Balaban J connectivity index is 1.51. The van der Waals surface area contributed by atoms with E-state index in [0.717, 1.165) is 0 Å². The highest BCUT2D eigenvalue weighted by atomic mass is 35.5. The van der Waals surface area contributed by atoms with Crippen molar-refractivity contribution in [1.82, 2.24) is 19.9 Å². The monoisotopic (exact) mass is 517 g/mol. The van der Waals surface area contributed by atoms with Crippen LogP contribution in [0, 0.1) is 11.7 Å². The fourth-order valence-corrected chi connectivity index (χ4v) is 4.40. The second-order valence-corrected chi connectivity index (χ2v) is 8.96. The number of aromatic nitrogens is 3. The first-order chi connectivity index (χ1) is 16.4. The van der Waals surface area contributed by atoms with Crippen molar-refractivity contribution in [3.8, 4) is 11.1 Å². The number of alkyl halides is 4. The number of anilines is 1. The van der Waals surface area contributed by atoms with Gasteiger partial charge in [-0.3, -0.25) is 4.79 Å². The van der Waals surface area contributed by atoms with E-state index in [1.54, 1.807) is 0 Å². The Morgan fingerprint density at radius 3 is 2.69 bits per heavy atom. The molecule has 1 aliphatic carbocycles. The molecule has 4 rings (SSSR count). The number of nitrogen functional groups attached to an aromatic ring is 1. The second kappa shape index (κ2) is 9.23. The molecule has 7 nitrogen and oxygen atoms in total. The molecule has 1 amide bonds. The zero-order valence-corrected chi connectivity index (χ0v) is 18.9. The van der Waals surface area contributed by atoms with Gasteiger partial charge < -0.3 is 16.2 Å². The summed E-state index contributed by atoms with van der Waals surface area (Å²) in [5.41, 5.74) is 5.46. The number of aliphatic hydroxyl groups is 1. The molecule has 2 heterocycles. The van der Waals surface area contributed by atoms with E-state index in [9.17, 15) is 27.5 Å². The molecule has 13 heteroatoms. The highest BCUT2D eigenvalue weighted by Crippen LogP contribution is 2.40.